The van der Waals surface area contributed by atoms with Crippen molar-refractivity contribution < 1.29 is 4.42 Å². The molecule has 0 saturated carbocycles. The molecule has 65 heavy (non-hydrogen) atoms. The van der Waals surface area contributed by atoms with E-state index in [1.807, 2.05) is 0 Å². The summed E-state index contributed by atoms with van der Waals surface area (Å²) in [5.41, 5.74) is 17.5. The minimum absolute atomic E-state index is 0.115. The first-order valence-electron chi connectivity index (χ1n) is 22.6. The lowest BCUT2D eigenvalue weighted by molar-refractivity contribution is 0.662. The van der Waals surface area contributed by atoms with Gasteiger partial charge in [0, 0.05) is 33.1 Å². The zero-order chi connectivity index (χ0) is 43.2. The van der Waals surface area contributed by atoms with Gasteiger partial charge in [-0.1, -0.05) is 190 Å². The Labute approximate surface area is 378 Å². The van der Waals surface area contributed by atoms with Crippen LogP contribution in [0.1, 0.15) is 25.0 Å². The second kappa shape index (κ2) is 14.4. The topological polar surface area (TPSA) is 16.4 Å². The van der Waals surface area contributed by atoms with E-state index < -0.39 is 0 Å². The number of para-hydroxylation sites is 1. The lowest BCUT2D eigenvalue weighted by Crippen LogP contribution is -2.16. The van der Waals surface area contributed by atoms with Crippen molar-refractivity contribution in [3.05, 3.63) is 236 Å². The van der Waals surface area contributed by atoms with Crippen molar-refractivity contribution in [1.82, 2.24) is 0 Å². The first-order chi connectivity index (χ1) is 32.0. The van der Waals surface area contributed by atoms with Crippen molar-refractivity contribution in [1.29, 1.82) is 0 Å². The molecule has 0 N–H and O–H groups in total. The van der Waals surface area contributed by atoms with Gasteiger partial charge < -0.3 is 9.32 Å². The van der Waals surface area contributed by atoms with Gasteiger partial charge in [-0.2, -0.15) is 0 Å². The standard InChI is InChI=1S/C63H43NO/c1-63(2)57-25-9-7-18-52(57)55-24-12-21-49(62(55)63)42-30-35-46(36-31-42)64(45-33-28-41(29-34-45)48-20-11-22-50-47-17-6-5-14-40(47)32-37-51(48)50)58-26-10-8-19-53(58)54-23-13-27-59-61(54)56-38-43-15-3-4-16-44(43)39-60(56)65-59/h3-39H,1-2H3. The zero-order valence-corrected chi connectivity index (χ0v) is 36.2. The van der Waals surface area contributed by atoms with Gasteiger partial charge in [0.25, 0.3) is 0 Å². The molecule has 0 unspecified atom stereocenters. The van der Waals surface area contributed by atoms with Gasteiger partial charge in [0.2, 0.25) is 0 Å². The smallest absolute Gasteiger partial charge is 0.136 e. The first-order valence-corrected chi connectivity index (χ1v) is 22.6. The van der Waals surface area contributed by atoms with Crippen LogP contribution in [0.15, 0.2) is 229 Å². The molecule has 1 heterocycles. The van der Waals surface area contributed by atoms with E-state index in [1.165, 1.54) is 76.8 Å². The van der Waals surface area contributed by atoms with Gasteiger partial charge in [-0.25, -0.2) is 0 Å². The normalized spacial score (nSPS) is 12.9. The van der Waals surface area contributed by atoms with Crippen molar-refractivity contribution in [2.75, 3.05) is 4.90 Å². The van der Waals surface area contributed by atoms with Crippen molar-refractivity contribution in [2.24, 2.45) is 0 Å². The van der Waals surface area contributed by atoms with E-state index in [0.717, 1.165) is 50.1 Å². The molecule has 0 atom stereocenters. The Morgan fingerprint density at radius 3 is 1.72 bits per heavy atom. The summed E-state index contributed by atoms with van der Waals surface area (Å²) in [6, 6.07) is 82.2. The molecule has 0 saturated heterocycles. The van der Waals surface area contributed by atoms with Gasteiger partial charge in [-0.3, -0.25) is 0 Å². The van der Waals surface area contributed by atoms with E-state index >= 15 is 0 Å². The van der Waals surface area contributed by atoms with Crippen molar-refractivity contribution in [3.8, 4) is 44.5 Å². The Morgan fingerprint density at radius 1 is 0.354 bits per heavy atom. The highest BCUT2D eigenvalue weighted by Gasteiger charge is 2.37. The van der Waals surface area contributed by atoms with Crippen LogP contribution in [-0.2, 0) is 5.41 Å². The Bertz CT molecular complexity index is 3850. The third kappa shape index (κ3) is 5.81. The molecule has 2 nitrogen and oxygen atoms in total. The minimum atomic E-state index is -0.115. The van der Waals surface area contributed by atoms with Crippen LogP contribution in [-0.4, -0.2) is 0 Å². The van der Waals surface area contributed by atoms with E-state index in [1.54, 1.807) is 0 Å². The van der Waals surface area contributed by atoms with Gasteiger partial charge in [-0.15, -0.1) is 0 Å². The van der Waals surface area contributed by atoms with Crippen LogP contribution in [0.2, 0.25) is 0 Å². The monoisotopic (exact) mass is 829 g/mol. The maximum absolute atomic E-state index is 6.61. The molecule has 0 amide bonds. The Balaban J connectivity index is 0.979. The van der Waals surface area contributed by atoms with E-state index in [0.29, 0.717) is 0 Å². The van der Waals surface area contributed by atoms with Crippen LogP contribution >= 0.6 is 0 Å². The predicted octanol–water partition coefficient (Wildman–Crippen LogP) is 17.8. The summed E-state index contributed by atoms with van der Waals surface area (Å²) in [5.74, 6) is 0. The van der Waals surface area contributed by atoms with E-state index in [-0.39, 0.29) is 5.41 Å². The molecule has 13 rings (SSSR count). The fraction of sp³-hybridized carbons (Fsp3) is 0.0476. The molecular formula is C63H43NO. The molecule has 306 valence electrons. The molecule has 1 aromatic heterocycles. The third-order valence-electron chi connectivity index (χ3n) is 14.0. The molecule has 0 spiro atoms. The molecule has 2 heteroatoms. The van der Waals surface area contributed by atoms with Gasteiger partial charge in [0.1, 0.15) is 11.2 Å². The summed E-state index contributed by atoms with van der Waals surface area (Å²) in [6.07, 6.45) is 0. The maximum Gasteiger partial charge on any atom is 0.136 e. The largest absolute Gasteiger partial charge is 0.456 e. The predicted molar refractivity (Wildman–Crippen MR) is 275 cm³/mol. The summed E-state index contributed by atoms with van der Waals surface area (Å²) in [4.78, 5) is 2.42. The van der Waals surface area contributed by atoms with Gasteiger partial charge >= 0.3 is 0 Å². The van der Waals surface area contributed by atoms with Gasteiger partial charge in [0.15, 0.2) is 0 Å². The van der Waals surface area contributed by atoms with E-state index in [4.69, 9.17) is 4.42 Å². The maximum atomic E-state index is 6.61. The lowest BCUT2D eigenvalue weighted by atomic mass is 9.79. The fourth-order valence-electron chi connectivity index (χ4n) is 11.0. The third-order valence-corrected chi connectivity index (χ3v) is 14.0. The molecule has 11 aromatic carbocycles. The van der Waals surface area contributed by atoms with E-state index in [9.17, 15) is 0 Å². The number of hydrogen-bond donors (Lipinski definition) is 0. The van der Waals surface area contributed by atoms with Crippen LogP contribution in [0, 0.1) is 0 Å². The summed E-state index contributed by atoms with van der Waals surface area (Å²) >= 11 is 0. The number of rotatable bonds is 6. The minimum Gasteiger partial charge on any atom is -0.456 e. The highest BCUT2D eigenvalue weighted by molar-refractivity contribution is 6.17. The second-order valence-corrected chi connectivity index (χ2v) is 18.0. The van der Waals surface area contributed by atoms with Crippen LogP contribution in [0.25, 0.3) is 98.8 Å². The number of fused-ring (bicyclic) bond motifs is 10. The summed E-state index contributed by atoms with van der Waals surface area (Å²) in [5, 5.41) is 9.66. The van der Waals surface area contributed by atoms with E-state index in [2.05, 4.69) is 243 Å². The first kappa shape index (κ1) is 37.4. The molecule has 12 aromatic rings. The van der Waals surface area contributed by atoms with Crippen molar-refractivity contribution in [2.45, 2.75) is 19.3 Å². The molecular weight excluding hydrogens is 787 g/mol. The fourth-order valence-corrected chi connectivity index (χ4v) is 11.0. The Kier molecular flexibility index (Phi) is 8.29. The summed E-state index contributed by atoms with van der Waals surface area (Å²) < 4.78 is 6.61. The van der Waals surface area contributed by atoms with Crippen molar-refractivity contribution in [3.63, 3.8) is 0 Å². The quantitative estimate of drug-likeness (QED) is 0.155. The molecule has 1 aliphatic rings. The summed E-state index contributed by atoms with van der Waals surface area (Å²) in [6.45, 7) is 4.73. The number of anilines is 3. The summed E-state index contributed by atoms with van der Waals surface area (Å²) in [7, 11) is 0. The number of nitrogens with zero attached hydrogens (tertiary/aromatic N) is 1. The van der Waals surface area contributed by atoms with Crippen LogP contribution in [0.3, 0.4) is 0 Å². The molecule has 0 fully saturated rings. The Hall–Kier alpha value is -8.20. The molecule has 1 aliphatic carbocycles. The zero-order valence-electron chi connectivity index (χ0n) is 36.2. The van der Waals surface area contributed by atoms with Crippen LogP contribution < -0.4 is 4.90 Å². The highest BCUT2D eigenvalue weighted by atomic mass is 16.3. The lowest BCUT2D eigenvalue weighted by Gasteiger charge is -2.29. The second-order valence-electron chi connectivity index (χ2n) is 18.0. The average molecular weight is 830 g/mol. The van der Waals surface area contributed by atoms with Crippen molar-refractivity contribution >= 4 is 71.3 Å². The SMILES string of the molecule is CC1(C)c2ccccc2-c2cccc(-c3ccc(N(c4ccc(-c5cccc6c5ccc5ccccc56)cc4)c4ccccc4-c4cccc5oc6cc7ccccc7cc6c45)cc3)c21. The molecule has 0 radical (unpaired) electrons. The molecule has 0 bridgehead atoms. The highest BCUT2D eigenvalue weighted by Crippen LogP contribution is 2.53. The van der Waals surface area contributed by atoms with Crippen LogP contribution in [0.4, 0.5) is 17.1 Å². The Morgan fingerprint density at radius 2 is 0.923 bits per heavy atom. The van der Waals surface area contributed by atoms with Gasteiger partial charge in [0.05, 0.1) is 5.69 Å². The number of hydrogen-bond acceptors (Lipinski definition) is 2. The number of benzene rings is 11. The van der Waals surface area contributed by atoms with Gasteiger partial charge in [-0.05, 0) is 131 Å². The number of furan rings is 1. The average Bonchev–Trinajstić information content (AvgIpc) is 3.84. The van der Waals surface area contributed by atoms with Crippen LogP contribution in [0.5, 0.6) is 0 Å². The molecule has 0 aliphatic heterocycles.